The summed E-state index contributed by atoms with van der Waals surface area (Å²) in [6.07, 6.45) is 6.72. The fraction of sp³-hybridized carbons (Fsp3) is 0.600. The number of halogens is 1. The van der Waals surface area contributed by atoms with Gasteiger partial charge in [0.05, 0.1) is 11.9 Å². The van der Waals surface area contributed by atoms with Gasteiger partial charge in [-0.15, -0.1) is 0 Å². The lowest BCUT2D eigenvalue weighted by Crippen LogP contribution is -2.47. The molecule has 0 amide bonds. The van der Waals surface area contributed by atoms with E-state index in [0.717, 1.165) is 5.69 Å². The Hall–Kier alpha value is -0.873. The van der Waals surface area contributed by atoms with Crippen molar-refractivity contribution < 1.29 is 4.43 Å². The molecule has 0 fully saturated rings. The summed E-state index contributed by atoms with van der Waals surface area (Å²) in [6, 6.07) is 0. The Labute approximate surface area is 128 Å². The predicted molar refractivity (Wildman–Crippen MR) is 88.0 cm³/mol. The standard InChI is InChI=1S/C15H25ClN2OSi/c1-11(2)20(12(3)4,13(5)6)19-15(16)9-14-10-17-7-8-18-14/h7-13H,1-6H3. The van der Waals surface area contributed by atoms with Crippen LogP contribution in [-0.2, 0) is 4.43 Å². The van der Waals surface area contributed by atoms with E-state index in [1.165, 1.54) is 0 Å². The average Bonchev–Trinajstić information content (AvgIpc) is 2.35. The maximum Gasteiger partial charge on any atom is 0.259 e. The summed E-state index contributed by atoms with van der Waals surface area (Å²) in [6.45, 7) is 13.4. The summed E-state index contributed by atoms with van der Waals surface area (Å²) < 4.78 is 6.32. The summed E-state index contributed by atoms with van der Waals surface area (Å²) >= 11 is 6.34. The zero-order valence-electron chi connectivity index (χ0n) is 13.2. The van der Waals surface area contributed by atoms with Gasteiger partial charge in [0.2, 0.25) is 0 Å². The van der Waals surface area contributed by atoms with Crippen LogP contribution < -0.4 is 0 Å². The second-order valence-electron chi connectivity index (χ2n) is 6.00. The highest BCUT2D eigenvalue weighted by molar-refractivity contribution is 6.78. The van der Waals surface area contributed by atoms with Gasteiger partial charge in [0.1, 0.15) is 0 Å². The lowest BCUT2D eigenvalue weighted by atomic mass is 10.4. The van der Waals surface area contributed by atoms with Gasteiger partial charge in [0.25, 0.3) is 8.32 Å². The minimum absolute atomic E-state index is 0.424. The van der Waals surface area contributed by atoms with Gasteiger partial charge in [-0.3, -0.25) is 9.97 Å². The van der Waals surface area contributed by atoms with Crippen LogP contribution in [0.1, 0.15) is 47.2 Å². The number of nitrogens with zero attached hydrogens (tertiary/aromatic N) is 2. The van der Waals surface area contributed by atoms with Crippen molar-refractivity contribution in [2.24, 2.45) is 0 Å². The van der Waals surface area contributed by atoms with E-state index in [2.05, 4.69) is 51.5 Å². The molecule has 0 saturated heterocycles. The van der Waals surface area contributed by atoms with E-state index < -0.39 is 8.32 Å². The first-order chi connectivity index (χ1) is 9.30. The Morgan fingerprint density at radius 3 is 2.05 bits per heavy atom. The van der Waals surface area contributed by atoms with Crippen molar-refractivity contribution in [2.75, 3.05) is 0 Å². The first-order valence-electron chi connectivity index (χ1n) is 7.12. The Balaban J connectivity index is 3.04. The zero-order valence-corrected chi connectivity index (χ0v) is 15.0. The molecule has 0 radical (unpaired) electrons. The molecule has 5 heteroatoms. The van der Waals surface area contributed by atoms with Gasteiger partial charge in [-0.25, -0.2) is 0 Å². The molecule has 3 nitrogen and oxygen atoms in total. The average molecular weight is 313 g/mol. The van der Waals surface area contributed by atoms with Crippen LogP contribution in [0.25, 0.3) is 6.08 Å². The van der Waals surface area contributed by atoms with Crippen molar-refractivity contribution in [1.82, 2.24) is 9.97 Å². The van der Waals surface area contributed by atoms with Crippen LogP contribution in [0.15, 0.2) is 23.8 Å². The molecule has 1 rings (SSSR count). The molecule has 112 valence electrons. The third kappa shape index (κ3) is 3.82. The van der Waals surface area contributed by atoms with Crippen LogP contribution in [0, 0.1) is 0 Å². The summed E-state index contributed by atoms with van der Waals surface area (Å²) in [4.78, 5) is 8.22. The van der Waals surface area contributed by atoms with Gasteiger partial charge >= 0.3 is 0 Å². The molecule has 0 aliphatic rings. The fourth-order valence-corrected chi connectivity index (χ4v) is 8.67. The van der Waals surface area contributed by atoms with Crippen LogP contribution in [0.3, 0.4) is 0 Å². The molecular formula is C15H25ClN2OSi. The molecule has 0 unspecified atom stereocenters. The summed E-state index contributed by atoms with van der Waals surface area (Å²) in [5.74, 6) is 0. The molecule has 0 atom stereocenters. The zero-order chi connectivity index (χ0) is 15.3. The predicted octanol–water partition coefficient (Wildman–Crippen LogP) is 5.21. The normalized spacial score (nSPS) is 13.4. The first kappa shape index (κ1) is 17.2. The first-order valence-corrected chi connectivity index (χ1v) is 9.64. The highest BCUT2D eigenvalue weighted by atomic mass is 35.5. The number of aromatic nitrogens is 2. The molecule has 0 aliphatic heterocycles. The minimum Gasteiger partial charge on any atom is -0.535 e. The van der Waals surface area contributed by atoms with Gasteiger partial charge in [0, 0.05) is 18.5 Å². The molecule has 0 spiro atoms. The van der Waals surface area contributed by atoms with Crippen molar-refractivity contribution in [3.05, 3.63) is 29.5 Å². The Kier molecular flexibility index (Phi) is 6.21. The van der Waals surface area contributed by atoms with Gasteiger partial charge in [-0.2, -0.15) is 0 Å². The molecule has 1 aromatic rings. The second kappa shape index (κ2) is 7.23. The lowest BCUT2D eigenvalue weighted by molar-refractivity contribution is 0.404. The number of hydrogen-bond acceptors (Lipinski definition) is 3. The minimum atomic E-state index is -1.99. The molecule has 0 aliphatic carbocycles. The van der Waals surface area contributed by atoms with Crippen molar-refractivity contribution in [3.63, 3.8) is 0 Å². The summed E-state index contributed by atoms with van der Waals surface area (Å²) in [7, 11) is -1.99. The fourth-order valence-electron chi connectivity index (χ4n) is 3.05. The van der Waals surface area contributed by atoms with Crippen molar-refractivity contribution in [3.8, 4) is 0 Å². The maximum absolute atomic E-state index is 6.34. The van der Waals surface area contributed by atoms with E-state index in [9.17, 15) is 0 Å². The largest absolute Gasteiger partial charge is 0.535 e. The van der Waals surface area contributed by atoms with Crippen LogP contribution in [0.4, 0.5) is 0 Å². The van der Waals surface area contributed by atoms with E-state index in [4.69, 9.17) is 16.0 Å². The Bertz CT molecular complexity index is 425. The van der Waals surface area contributed by atoms with E-state index >= 15 is 0 Å². The highest BCUT2D eigenvalue weighted by Crippen LogP contribution is 2.44. The smallest absolute Gasteiger partial charge is 0.259 e. The molecule has 0 saturated carbocycles. The summed E-state index contributed by atoms with van der Waals surface area (Å²) in [5, 5.41) is 0.424. The van der Waals surface area contributed by atoms with Gasteiger partial charge < -0.3 is 4.43 Å². The molecule has 0 bridgehead atoms. The highest BCUT2D eigenvalue weighted by Gasteiger charge is 2.47. The topological polar surface area (TPSA) is 35.0 Å². The van der Waals surface area contributed by atoms with Gasteiger partial charge in [-0.05, 0) is 28.2 Å². The van der Waals surface area contributed by atoms with Crippen LogP contribution in [0.2, 0.25) is 16.6 Å². The van der Waals surface area contributed by atoms with E-state index in [1.807, 2.05) is 0 Å². The van der Waals surface area contributed by atoms with E-state index in [0.29, 0.717) is 21.8 Å². The van der Waals surface area contributed by atoms with Crippen molar-refractivity contribution >= 4 is 26.0 Å². The Morgan fingerprint density at radius 1 is 1.10 bits per heavy atom. The molecular weight excluding hydrogens is 288 g/mol. The Morgan fingerprint density at radius 2 is 1.65 bits per heavy atom. The van der Waals surface area contributed by atoms with Gasteiger partial charge in [0.15, 0.2) is 5.22 Å². The van der Waals surface area contributed by atoms with Crippen LogP contribution in [-0.4, -0.2) is 18.3 Å². The molecule has 0 aromatic carbocycles. The SMILES string of the molecule is CC(C)[Si](OC(Cl)=Cc1cnccn1)(C(C)C)C(C)C. The molecule has 1 aromatic heterocycles. The quantitative estimate of drug-likeness (QED) is 0.534. The van der Waals surface area contributed by atoms with E-state index in [-0.39, 0.29) is 0 Å². The molecule has 20 heavy (non-hydrogen) atoms. The van der Waals surface area contributed by atoms with Gasteiger partial charge in [-0.1, -0.05) is 41.5 Å². The third-order valence-corrected chi connectivity index (χ3v) is 10.1. The lowest BCUT2D eigenvalue weighted by Gasteiger charge is -2.41. The second-order valence-corrected chi connectivity index (χ2v) is 11.7. The van der Waals surface area contributed by atoms with Crippen molar-refractivity contribution in [1.29, 1.82) is 0 Å². The van der Waals surface area contributed by atoms with Crippen molar-refractivity contribution in [2.45, 2.75) is 58.2 Å². The van der Waals surface area contributed by atoms with Crippen LogP contribution >= 0.6 is 11.6 Å². The maximum atomic E-state index is 6.34. The summed E-state index contributed by atoms with van der Waals surface area (Å²) in [5.41, 5.74) is 2.20. The third-order valence-electron chi connectivity index (χ3n) is 3.83. The number of rotatable bonds is 6. The molecule has 0 N–H and O–H groups in total. The van der Waals surface area contributed by atoms with E-state index in [1.54, 1.807) is 24.7 Å². The number of hydrogen-bond donors (Lipinski definition) is 0. The van der Waals surface area contributed by atoms with Crippen LogP contribution in [0.5, 0.6) is 0 Å². The molecule has 1 heterocycles. The monoisotopic (exact) mass is 312 g/mol.